The zero-order valence-electron chi connectivity index (χ0n) is 21.8. The Morgan fingerprint density at radius 3 is 2.42 bits per heavy atom. The number of nitrogens with zero attached hydrogens (tertiary/aromatic N) is 3. The van der Waals surface area contributed by atoms with E-state index in [0.717, 1.165) is 40.6 Å². The van der Waals surface area contributed by atoms with Gasteiger partial charge in [0.05, 0.1) is 22.8 Å². The molecule has 6 rings (SSSR count). The third-order valence-corrected chi connectivity index (χ3v) is 7.77. The standard InChI is InChI=1S/C30H33N5O3/c1-33(2)19-10-11-22-24(18-35(26(22)14-19)17-20(36)16-34-12-6-3-7-13-34)28-27(29(37)32-30(28)38)23-15-31-25-9-5-4-8-21(23)25/h4-5,8-11,14-15,18,20,31,36H,3,6-7,12-13,16-17H2,1-2H3,(H,32,37,38). The van der Waals surface area contributed by atoms with Crippen LogP contribution < -0.4 is 10.2 Å². The molecule has 8 nitrogen and oxygen atoms in total. The third kappa shape index (κ3) is 4.29. The van der Waals surface area contributed by atoms with Crippen LogP contribution >= 0.6 is 0 Å². The van der Waals surface area contributed by atoms with Crippen molar-refractivity contribution >= 4 is 50.5 Å². The second-order valence-corrected chi connectivity index (χ2v) is 10.6. The van der Waals surface area contributed by atoms with Crippen LogP contribution in [0, 0.1) is 0 Å². The molecule has 2 aromatic heterocycles. The molecule has 0 spiro atoms. The van der Waals surface area contributed by atoms with Gasteiger partial charge in [0, 0.05) is 72.7 Å². The van der Waals surface area contributed by atoms with Gasteiger partial charge >= 0.3 is 0 Å². The van der Waals surface area contributed by atoms with Gasteiger partial charge in [0.2, 0.25) is 0 Å². The lowest BCUT2D eigenvalue weighted by Gasteiger charge is -2.28. The summed E-state index contributed by atoms with van der Waals surface area (Å²) in [6.07, 6.45) is 6.75. The van der Waals surface area contributed by atoms with E-state index in [0.29, 0.717) is 35.4 Å². The van der Waals surface area contributed by atoms with Crippen LogP contribution in [-0.4, -0.2) is 71.2 Å². The minimum Gasteiger partial charge on any atom is -0.390 e. The molecule has 4 heterocycles. The van der Waals surface area contributed by atoms with Crippen LogP contribution in [0.25, 0.3) is 33.0 Å². The van der Waals surface area contributed by atoms with Crippen molar-refractivity contribution in [2.24, 2.45) is 0 Å². The van der Waals surface area contributed by atoms with Gasteiger partial charge in [-0.15, -0.1) is 0 Å². The number of piperidine rings is 1. The predicted octanol–water partition coefficient (Wildman–Crippen LogP) is 3.60. The van der Waals surface area contributed by atoms with Crippen LogP contribution in [-0.2, 0) is 16.1 Å². The number of aliphatic hydroxyl groups excluding tert-OH is 1. The number of anilines is 1. The van der Waals surface area contributed by atoms with E-state index < -0.39 is 17.9 Å². The molecule has 38 heavy (non-hydrogen) atoms. The van der Waals surface area contributed by atoms with Gasteiger partial charge in [0.15, 0.2) is 0 Å². The second kappa shape index (κ2) is 9.78. The predicted molar refractivity (Wildman–Crippen MR) is 151 cm³/mol. The Morgan fingerprint density at radius 2 is 1.66 bits per heavy atom. The monoisotopic (exact) mass is 511 g/mol. The summed E-state index contributed by atoms with van der Waals surface area (Å²) in [7, 11) is 3.97. The van der Waals surface area contributed by atoms with E-state index in [4.69, 9.17) is 0 Å². The molecule has 0 saturated carbocycles. The molecule has 4 aromatic rings. The molecule has 0 bridgehead atoms. The van der Waals surface area contributed by atoms with Crippen molar-refractivity contribution < 1.29 is 14.7 Å². The summed E-state index contributed by atoms with van der Waals surface area (Å²) in [6.45, 7) is 3.05. The number of H-pyrrole nitrogens is 1. The molecule has 2 aliphatic rings. The van der Waals surface area contributed by atoms with Crippen molar-refractivity contribution in [1.29, 1.82) is 0 Å². The zero-order chi connectivity index (χ0) is 26.4. The number of amides is 2. The second-order valence-electron chi connectivity index (χ2n) is 10.6. The molecule has 1 unspecified atom stereocenters. The lowest BCUT2D eigenvalue weighted by molar-refractivity contribution is -0.122. The average molecular weight is 512 g/mol. The van der Waals surface area contributed by atoms with Crippen molar-refractivity contribution in [3.8, 4) is 0 Å². The summed E-state index contributed by atoms with van der Waals surface area (Å²) >= 11 is 0. The summed E-state index contributed by atoms with van der Waals surface area (Å²) < 4.78 is 2.03. The summed E-state index contributed by atoms with van der Waals surface area (Å²) in [5, 5.41) is 15.3. The van der Waals surface area contributed by atoms with Crippen molar-refractivity contribution in [3.05, 3.63) is 66.0 Å². The van der Waals surface area contributed by atoms with Gasteiger partial charge in [-0.25, -0.2) is 0 Å². The zero-order valence-corrected chi connectivity index (χ0v) is 21.8. The summed E-state index contributed by atoms with van der Waals surface area (Å²) in [4.78, 5) is 34.0. The van der Waals surface area contributed by atoms with Gasteiger partial charge in [-0.2, -0.15) is 0 Å². The molecule has 1 atom stereocenters. The highest BCUT2D eigenvalue weighted by atomic mass is 16.3. The Kier molecular flexibility index (Phi) is 6.29. The Labute approximate surface area is 221 Å². The third-order valence-electron chi connectivity index (χ3n) is 7.77. The number of aliphatic hydroxyl groups is 1. The first-order valence-corrected chi connectivity index (χ1v) is 13.3. The molecular weight excluding hydrogens is 478 g/mol. The SMILES string of the molecule is CN(C)c1ccc2c(C3=C(c4c[nH]c5ccccc45)C(=O)NC3=O)cn(CC(O)CN3CCCCC3)c2c1. The number of imide groups is 1. The van der Waals surface area contributed by atoms with Gasteiger partial charge in [-0.1, -0.05) is 30.7 Å². The number of para-hydroxylation sites is 1. The van der Waals surface area contributed by atoms with E-state index in [9.17, 15) is 14.7 Å². The molecule has 2 amide bonds. The van der Waals surface area contributed by atoms with Crippen molar-refractivity contribution in [3.63, 3.8) is 0 Å². The molecule has 0 radical (unpaired) electrons. The van der Waals surface area contributed by atoms with Crippen LogP contribution in [0.1, 0.15) is 30.4 Å². The van der Waals surface area contributed by atoms with Gasteiger partial charge in [0.25, 0.3) is 11.8 Å². The molecule has 196 valence electrons. The molecule has 8 heteroatoms. The van der Waals surface area contributed by atoms with Gasteiger partial charge in [-0.05, 0) is 44.1 Å². The van der Waals surface area contributed by atoms with Crippen molar-refractivity contribution in [1.82, 2.24) is 19.8 Å². The average Bonchev–Trinajstić information content (AvgIpc) is 3.57. The summed E-state index contributed by atoms with van der Waals surface area (Å²) in [5.74, 6) is -0.800. The maximum Gasteiger partial charge on any atom is 0.259 e. The highest BCUT2D eigenvalue weighted by molar-refractivity contribution is 6.50. The van der Waals surface area contributed by atoms with Crippen molar-refractivity contribution in [2.75, 3.05) is 38.6 Å². The summed E-state index contributed by atoms with van der Waals surface area (Å²) in [5.41, 5.74) is 4.98. The van der Waals surface area contributed by atoms with E-state index >= 15 is 0 Å². The number of carbonyl (C=O) groups excluding carboxylic acids is 2. The molecule has 3 N–H and O–H groups in total. The number of aromatic amines is 1. The lowest BCUT2D eigenvalue weighted by atomic mass is 9.95. The fourth-order valence-corrected chi connectivity index (χ4v) is 5.88. The molecular formula is C30H33N5O3. The van der Waals surface area contributed by atoms with Gasteiger partial charge < -0.3 is 24.5 Å². The normalized spacial score (nSPS) is 17.6. The number of benzene rings is 2. The number of nitrogens with one attached hydrogen (secondary N) is 2. The Bertz CT molecular complexity index is 1570. The van der Waals surface area contributed by atoms with Gasteiger partial charge in [-0.3, -0.25) is 14.9 Å². The Hall–Kier alpha value is -3.88. The number of aromatic nitrogens is 2. The van der Waals surface area contributed by atoms with Gasteiger partial charge in [0.1, 0.15) is 0 Å². The van der Waals surface area contributed by atoms with Crippen molar-refractivity contribution in [2.45, 2.75) is 31.9 Å². The lowest BCUT2D eigenvalue weighted by Crippen LogP contribution is -2.37. The number of carbonyl (C=O) groups is 2. The Balaban J connectivity index is 1.48. The van der Waals surface area contributed by atoms with E-state index in [1.807, 2.05) is 66.2 Å². The van der Waals surface area contributed by atoms with E-state index in [-0.39, 0.29) is 0 Å². The van der Waals surface area contributed by atoms with Crippen LogP contribution in [0.15, 0.2) is 54.9 Å². The number of hydrogen-bond acceptors (Lipinski definition) is 5. The first kappa shape index (κ1) is 24.5. The number of hydrogen-bond donors (Lipinski definition) is 3. The number of likely N-dealkylation sites (tertiary alicyclic amines) is 1. The first-order valence-electron chi connectivity index (χ1n) is 13.3. The minimum absolute atomic E-state index is 0.367. The van der Waals surface area contributed by atoms with E-state index in [1.165, 1.54) is 19.3 Å². The molecule has 2 aliphatic heterocycles. The number of β-amino-alcohol motifs (C(OH)–C–C–N with tert-alkyl or cyclic N) is 1. The topological polar surface area (TPSA) is 93.6 Å². The molecule has 1 saturated heterocycles. The highest BCUT2D eigenvalue weighted by Crippen LogP contribution is 2.39. The Morgan fingerprint density at radius 1 is 0.921 bits per heavy atom. The fourth-order valence-electron chi connectivity index (χ4n) is 5.88. The summed E-state index contributed by atoms with van der Waals surface area (Å²) in [6, 6.07) is 13.9. The van der Waals surface area contributed by atoms with Crippen LogP contribution in [0.4, 0.5) is 5.69 Å². The molecule has 1 fully saturated rings. The van der Waals surface area contributed by atoms with Crippen LogP contribution in [0.2, 0.25) is 0 Å². The highest BCUT2D eigenvalue weighted by Gasteiger charge is 2.35. The quantitative estimate of drug-likeness (QED) is 0.330. The number of rotatable bonds is 7. The fraction of sp³-hybridized carbons (Fsp3) is 0.333. The maximum atomic E-state index is 13.3. The first-order chi connectivity index (χ1) is 18.4. The maximum absolute atomic E-state index is 13.3. The largest absolute Gasteiger partial charge is 0.390 e. The minimum atomic E-state index is -0.555. The molecule has 0 aliphatic carbocycles. The van der Waals surface area contributed by atoms with Crippen LogP contribution in [0.5, 0.6) is 0 Å². The molecule has 2 aromatic carbocycles. The number of fused-ring (bicyclic) bond motifs is 2. The smallest absolute Gasteiger partial charge is 0.259 e. The van der Waals surface area contributed by atoms with E-state index in [1.54, 1.807) is 6.20 Å². The van der Waals surface area contributed by atoms with E-state index in [2.05, 4.69) is 21.3 Å². The van der Waals surface area contributed by atoms with Crippen LogP contribution in [0.3, 0.4) is 0 Å².